The van der Waals surface area contributed by atoms with Crippen LogP contribution in [0.15, 0.2) is 24.4 Å². The number of hydrogen-bond acceptors (Lipinski definition) is 5. The molecule has 114 valence electrons. The van der Waals surface area contributed by atoms with E-state index in [2.05, 4.69) is 20.6 Å². The lowest BCUT2D eigenvalue weighted by molar-refractivity contribution is 0.0935. The fourth-order valence-electron chi connectivity index (χ4n) is 3.25. The van der Waals surface area contributed by atoms with Gasteiger partial charge >= 0.3 is 0 Å². The molecule has 2 aromatic heterocycles. The van der Waals surface area contributed by atoms with Gasteiger partial charge in [-0.05, 0) is 31.4 Å². The highest BCUT2D eigenvalue weighted by Gasteiger charge is 2.39. The molecule has 0 radical (unpaired) electrons. The first-order valence-corrected chi connectivity index (χ1v) is 8.16. The van der Waals surface area contributed by atoms with Crippen molar-refractivity contribution in [1.82, 2.24) is 20.6 Å². The molecule has 2 bridgehead atoms. The van der Waals surface area contributed by atoms with Gasteiger partial charge in [-0.3, -0.25) is 4.79 Å². The van der Waals surface area contributed by atoms with Gasteiger partial charge in [0.15, 0.2) is 0 Å². The van der Waals surface area contributed by atoms with E-state index in [1.807, 2.05) is 0 Å². The number of carbonyl (C=O) groups is 1. The van der Waals surface area contributed by atoms with Crippen molar-refractivity contribution in [3.63, 3.8) is 0 Å². The Hall–Kier alpha value is -1.86. The van der Waals surface area contributed by atoms with Gasteiger partial charge < -0.3 is 10.6 Å². The zero-order valence-corrected chi connectivity index (χ0v) is 12.6. The molecule has 4 rings (SSSR count). The summed E-state index contributed by atoms with van der Waals surface area (Å²) in [7, 11) is 0. The number of amides is 1. The van der Waals surface area contributed by atoms with Crippen LogP contribution in [0.3, 0.4) is 0 Å². The third-order valence-electron chi connectivity index (χ3n) is 4.28. The minimum absolute atomic E-state index is 0.112. The van der Waals surface area contributed by atoms with Crippen molar-refractivity contribution in [2.45, 2.75) is 37.4 Å². The fourth-order valence-corrected chi connectivity index (χ4v) is 4.04. The van der Waals surface area contributed by atoms with Gasteiger partial charge in [-0.15, -0.1) is 11.3 Å². The average Bonchev–Trinajstić information content (AvgIpc) is 3.23. The highest BCUT2D eigenvalue weighted by Crippen LogP contribution is 2.29. The fraction of sp³-hybridized carbons (Fsp3) is 0.400. The third-order valence-corrected chi connectivity index (χ3v) is 5.30. The maximum absolute atomic E-state index is 13.2. The lowest BCUT2D eigenvalue weighted by Crippen LogP contribution is -2.42. The standard InChI is InChI=1S/C15H15FN4OS/c16-13-3-1-2-10(19-13)15-17-7-12(22-15)14(21)20-11-6-8-4-5-9(11)18-8/h1-3,7-9,11,18H,4-6H2,(H,20,21)/t8-,9+,11-/m1/s1. The first-order valence-electron chi connectivity index (χ1n) is 7.35. The quantitative estimate of drug-likeness (QED) is 0.849. The maximum atomic E-state index is 13.2. The molecular weight excluding hydrogens is 303 g/mol. The van der Waals surface area contributed by atoms with Crippen molar-refractivity contribution in [3.8, 4) is 10.7 Å². The topological polar surface area (TPSA) is 66.9 Å². The number of aromatic nitrogens is 2. The van der Waals surface area contributed by atoms with E-state index in [1.165, 1.54) is 30.0 Å². The molecule has 22 heavy (non-hydrogen) atoms. The Kier molecular flexibility index (Phi) is 3.38. The lowest BCUT2D eigenvalue weighted by Gasteiger charge is -2.20. The second-order valence-corrected chi connectivity index (χ2v) is 6.77. The van der Waals surface area contributed by atoms with E-state index >= 15 is 0 Å². The van der Waals surface area contributed by atoms with Gasteiger partial charge in [0.2, 0.25) is 5.95 Å². The first-order chi connectivity index (χ1) is 10.7. The molecule has 0 saturated carbocycles. The number of pyridine rings is 1. The number of hydrogen-bond donors (Lipinski definition) is 2. The van der Waals surface area contributed by atoms with Crippen molar-refractivity contribution >= 4 is 17.2 Å². The Balaban J connectivity index is 1.48. The summed E-state index contributed by atoms with van der Waals surface area (Å²) in [6.07, 6.45) is 4.85. The van der Waals surface area contributed by atoms with E-state index < -0.39 is 5.95 Å². The molecule has 2 aromatic rings. The Bertz CT molecular complexity index is 719. The van der Waals surface area contributed by atoms with Gasteiger partial charge in [0, 0.05) is 18.1 Å². The van der Waals surface area contributed by atoms with E-state index in [0.717, 1.165) is 12.8 Å². The van der Waals surface area contributed by atoms with Crippen molar-refractivity contribution < 1.29 is 9.18 Å². The summed E-state index contributed by atoms with van der Waals surface area (Å²) in [5.74, 6) is -0.661. The summed E-state index contributed by atoms with van der Waals surface area (Å²) in [6, 6.07) is 5.69. The molecule has 2 aliphatic rings. The summed E-state index contributed by atoms with van der Waals surface area (Å²) < 4.78 is 13.2. The predicted molar refractivity (Wildman–Crippen MR) is 81.1 cm³/mol. The molecule has 5 nitrogen and oxygen atoms in total. The Labute approximate surface area is 131 Å². The molecule has 4 heterocycles. The van der Waals surface area contributed by atoms with Crippen LogP contribution in [0.4, 0.5) is 4.39 Å². The van der Waals surface area contributed by atoms with Crippen molar-refractivity contribution in [3.05, 3.63) is 35.2 Å². The average molecular weight is 318 g/mol. The van der Waals surface area contributed by atoms with Crippen LogP contribution < -0.4 is 10.6 Å². The van der Waals surface area contributed by atoms with E-state index in [-0.39, 0.29) is 11.9 Å². The van der Waals surface area contributed by atoms with Crippen LogP contribution in [0.1, 0.15) is 28.9 Å². The minimum atomic E-state index is -0.549. The number of rotatable bonds is 3. The second kappa shape index (κ2) is 5.40. The van der Waals surface area contributed by atoms with Crippen LogP contribution in [0, 0.1) is 5.95 Å². The highest BCUT2D eigenvalue weighted by atomic mass is 32.1. The Morgan fingerprint density at radius 2 is 2.32 bits per heavy atom. The van der Waals surface area contributed by atoms with E-state index in [4.69, 9.17) is 0 Å². The van der Waals surface area contributed by atoms with Gasteiger partial charge in [-0.2, -0.15) is 4.39 Å². The molecule has 0 unspecified atom stereocenters. The summed E-state index contributed by atoms with van der Waals surface area (Å²) >= 11 is 1.23. The summed E-state index contributed by atoms with van der Waals surface area (Å²) in [6.45, 7) is 0. The molecular formula is C15H15FN4OS. The van der Waals surface area contributed by atoms with Crippen LogP contribution in [0.5, 0.6) is 0 Å². The van der Waals surface area contributed by atoms with Crippen LogP contribution in [-0.2, 0) is 0 Å². The van der Waals surface area contributed by atoms with Crippen molar-refractivity contribution in [2.24, 2.45) is 0 Å². The molecule has 7 heteroatoms. The maximum Gasteiger partial charge on any atom is 0.263 e. The predicted octanol–water partition coefficient (Wildman–Crippen LogP) is 1.97. The molecule has 0 spiro atoms. The molecule has 2 saturated heterocycles. The van der Waals surface area contributed by atoms with Crippen LogP contribution in [0.25, 0.3) is 10.7 Å². The van der Waals surface area contributed by atoms with E-state index in [0.29, 0.717) is 27.7 Å². The van der Waals surface area contributed by atoms with Crippen molar-refractivity contribution in [2.75, 3.05) is 0 Å². The summed E-state index contributed by atoms with van der Waals surface area (Å²) in [4.78, 5) is 20.8. The number of thiazole rings is 1. The number of nitrogens with zero attached hydrogens (tertiary/aromatic N) is 2. The largest absolute Gasteiger partial charge is 0.347 e. The van der Waals surface area contributed by atoms with Gasteiger partial charge in [0.25, 0.3) is 5.91 Å². The normalized spacial score (nSPS) is 26.3. The molecule has 0 aliphatic carbocycles. The zero-order valence-electron chi connectivity index (χ0n) is 11.8. The molecule has 2 aliphatic heterocycles. The van der Waals surface area contributed by atoms with Crippen molar-refractivity contribution in [1.29, 1.82) is 0 Å². The molecule has 1 amide bonds. The summed E-state index contributed by atoms with van der Waals surface area (Å²) in [5.41, 5.74) is 0.450. The summed E-state index contributed by atoms with van der Waals surface area (Å²) in [5, 5.41) is 7.12. The second-order valence-electron chi connectivity index (χ2n) is 5.74. The highest BCUT2D eigenvalue weighted by molar-refractivity contribution is 7.16. The third kappa shape index (κ3) is 2.50. The number of halogens is 1. The van der Waals surface area contributed by atoms with Gasteiger partial charge in [-0.25, -0.2) is 9.97 Å². The SMILES string of the molecule is O=C(N[C@@H]1C[C@H]2CC[C@@H]1N2)c1cnc(-c2cccc(F)n2)s1. The molecule has 3 atom stereocenters. The van der Waals surface area contributed by atoms with Crippen LogP contribution >= 0.6 is 11.3 Å². The smallest absolute Gasteiger partial charge is 0.263 e. The van der Waals surface area contributed by atoms with Gasteiger partial charge in [0.1, 0.15) is 15.6 Å². The molecule has 2 fully saturated rings. The minimum Gasteiger partial charge on any atom is -0.347 e. The van der Waals surface area contributed by atoms with E-state index in [9.17, 15) is 9.18 Å². The Morgan fingerprint density at radius 1 is 1.41 bits per heavy atom. The zero-order chi connectivity index (χ0) is 15.1. The number of fused-ring (bicyclic) bond motifs is 2. The number of carbonyl (C=O) groups excluding carboxylic acids is 1. The first kappa shape index (κ1) is 13.8. The van der Waals surface area contributed by atoms with Crippen LogP contribution in [-0.4, -0.2) is 34.0 Å². The van der Waals surface area contributed by atoms with E-state index in [1.54, 1.807) is 12.1 Å². The van der Waals surface area contributed by atoms with Gasteiger partial charge in [-0.1, -0.05) is 6.07 Å². The monoisotopic (exact) mass is 318 g/mol. The van der Waals surface area contributed by atoms with Crippen LogP contribution in [0.2, 0.25) is 0 Å². The molecule has 2 N–H and O–H groups in total. The van der Waals surface area contributed by atoms with Gasteiger partial charge in [0.05, 0.1) is 6.20 Å². The lowest BCUT2D eigenvalue weighted by atomic mass is 9.95. The number of nitrogens with one attached hydrogen (secondary N) is 2. The Morgan fingerprint density at radius 3 is 3.05 bits per heavy atom. The molecule has 0 aromatic carbocycles.